The minimum atomic E-state index is -0.524. The summed E-state index contributed by atoms with van der Waals surface area (Å²) in [6, 6.07) is 16.2. The molecule has 0 aliphatic carbocycles. The quantitative estimate of drug-likeness (QED) is 0.648. The average Bonchev–Trinajstić information content (AvgIpc) is 3.17. The van der Waals surface area contributed by atoms with Crippen molar-refractivity contribution in [2.75, 3.05) is 19.6 Å². The van der Waals surface area contributed by atoms with Gasteiger partial charge in [-0.25, -0.2) is 0 Å². The molecule has 1 unspecified atom stereocenters. The smallest absolute Gasteiger partial charge is 0.282 e. The summed E-state index contributed by atoms with van der Waals surface area (Å²) in [6.07, 6.45) is 2.31. The monoisotopic (exact) mass is 339 g/mol. The van der Waals surface area contributed by atoms with Gasteiger partial charge in [0.05, 0.1) is 11.0 Å². The molecule has 6 heteroatoms. The lowest BCUT2D eigenvalue weighted by atomic mass is 10.1. The zero-order valence-corrected chi connectivity index (χ0v) is 13.9. The van der Waals surface area contributed by atoms with E-state index in [1.54, 1.807) is 12.1 Å². The second-order valence-corrected chi connectivity index (χ2v) is 6.15. The molecule has 0 spiro atoms. The summed E-state index contributed by atoms with van der Waals surface area (Å²) in [4.78, 5) is 25.4. The summed E-state index contributed by atoms with van der Waals surface area (Å²) in [5, 5.41) is 14.0. The molecule has 1 saturated heterocycles. The van der Waals surface area contributed by atoms with E-state index in [9.17, 15) is 14.9 Å². The molecule has 1 aliphatic heterocycles. The maximum Gasteiger partial charge on any atom is 0.282 e. The van der Waals surface area contributed by atoms with Gasteiger partial charge in [0.25, 0.3) is 11.6 Å². The molecular weight excluding hydrogens is 318 g/mol. The number of hydrogen-bond donors (Lipinski definition) is 1. The number of carbonyl (C=O) groups is 1. The van der Waals surface area contributed by atoms with Crippen molar-refractivity contribution in [1.29, 1.82) is 0 Å². The summed E-state index contributed by atoms with van der Waals surface area (Å²) in [7, 11) is 0. The van der Waals surface area contributed by atoms with Gasteiger partial charge < -0.3 is 5.32 Å². The average molecular weight is 339 g/mol. The normalized spacial score (nSPS) is 15.7. The summed E-state index contributed by atoms with van der Waals surface area (Å²) < 4.78 is 0. The third-order valence-corrected chi connectivity index (χ3v) is 4.57. The fraction of sp³-hybridized carbons (Fsp3) is 0.316. The molecule has 1 fully saturated rings. The fourth-order valence-electron chi connectivity index (χ4n) is 3.30. The molecule has 1 N–H and O–H groups in total. The zero-order valence-electron chi connectivity index (χ0n) is 13.9. The van der Waals surface area contributed by atoms with E-state index in [2.05, 4.69) is 22.3 Å². The Morgan fingerprint density at radius 1 is 1.08 bits per heavy atom. The number of likely N-dealkylation sites (tertiary alicyclic amines) is 1. The summed E-state index contributed by atoms with van der Waals surface area (Å²) in [6.45, 7) is 2.43. The van der Waals surface area contributed by atoms with Gasteiger partial charge in [-0.1, -0.05) is 42.5 Å². The molecule has 25 heavy (non-hydrogen) atoms. The van der Waals surface area contributed by atoms with Crippen LogP contribution in [-0.2, 0) is 0 Å². The summed E-state index contributed by atoms with van der Waals surface area (Å²) in [5.41, 5.74) is 1.07. The van der Waals surface area contributed by atoms with Gasteiger partial charge in [-0.15, -0.1) is 0 Å². The molecule has 2 aromatic rings. The lowest BCUT2D eigenvalue weighted by molar-refractivity contribution is -0.385. The van der Waals surface area contributed by atoms with E-state index >= 15 is 0 Å². The largest absolute Gasteiger partial charge is 0.350 e. The zero-order chi connectivity index (χ0) is 17.6. The highest BCUT2D eigenvalue weighted by molar-refractivity contribution is 5.98. The number of hydrogen-bond acceptors (Lipinski definition) is 4. The van der Waals surface area contributed by atoms with Crippen molar-refractivity contribution in [1.82, 2.24) is 10.2 Å². The summed E-state index contributed by atoms with van der Waals surface area (Å²) in [5.74, 6) is -0.410. The number of nitro groups is 1. The predicted octanol–water partition coefficient (Wildman–Crippen LogP) is 3.16. The van der Waals surface area contributed by atoms with E-state index in [0.29, 0.717) is 6.54 Å². The molecule has 0 radical (unpaired) electrons. The van der Waals surface area contributed by atoms with Gasteiger partial charge in [-0.05, 0) is 37.6 Å². The van der Waals surface area contributed by atoms with Crippen LogP contribution >= 0.6 is 0 Å². The Kier molecular flexibility index (Phi) is 5.40. The van der Waals surface area contributed by atoms with E-state index in [1.165, 1.54) is 12.1 Å². The van der Waals surface area contributed by atoms with Gasteiger partial charge in [0.15, 0.2) is 0 Å². The molecule has 2 aromatic carbocycles. The van der Waals surface area contributed by atoms with Crippen molar-refractivity contribution >= 4 is 11.6 Å². The maximum atomic E-state index is 12.5. The highest BCUT2D eigenvalue weighted by Gasteiger charge is 2.25. The molecule has 1 amide bonds. The molecule has 0 saturated carbocycles. The Bertz CT molecular complexity index is 743. The second kappa shape index (κ2) is 7.90. The number of amides is 1. The van der Waals surface area contributed by atoms with E-state index in [0.717, 1.165) is 31.5 Å². The topological polar surface area (TPSA) is 75.5 Å². The first-order valence-corrected chi connectivity index (χ1v) is 8.47. The van der Waals surface area contributed by atoms with Crippen LogP contribution in [0.4, 0.5) is 5.69 Å². The third-order valence-electron chi connectivity index (χ3n) is 4.57. The lowest BCUT2D eigenvalue weighted by Gasteiger charge is -2.28. The van der Waals surface area contributed by atoms with Gasteiger partial charge in [0, 0.05) is 12.6 Å². The highest BCUT2D eigenvalue weighted by atomic mass is 16.6. The van der Waals surface area contributed by atoms with E-state index in [1.807, 2.05) is 18.2 Å². The van der Waals surface area contributed by atoms with Crippen molar-refractivity contribution in [3.05, 3.63) is 75.8 Å². The predicted molar refractivity (Wildman–Crippen MR) is 95.4 cm³/mol. The van der Waals surface area contributed by atoms with Gasteiger partial charge >= 0.3 is 0 Å². The molecule has 6 nitrogen and oxygen atoms in total. The van der Waals surface area contributed by atoms with E-state index < -0.39 is 10.8 Å². The Labute approximate surface area is 146 Å². The molecule has 0 bridgehead atoms. The molecular formula is C19H21N3O3. The van der Waals surface area contributed by atoms with Crippen LogP contribution in [0.25, 0.3) is 0 Å². The van der Waals surface area contributed by atoms with Crippen molar-refractivity contribution in [3.8, 4) is 0 Å². The number of benzene rings is 2. The molecule has 3 rings (SSSR count). The van der Waals surface area contributed by atoms with Crippen LogP contribution < -0.4 is 5.32 Å². The second-order valence-electron chi connectivity index (χ2n) is 6.15. The first-order valence-electron chi connectivity index (χ1n) is 8.47. The van der Waals surface area contributed by atoms with Gasteiger partial charge in [0.2, 0.25) is 0 Å². The Balaban J connectivity index is 1.75. The van der Waals surface area contributed by atoms with Crippen LogP contribution in [0.2, 0.25) is 0 Å². The van der Waals surface area contributed by atoms with Crippen molar-refractivity contribution < 1.29 is 9.72 Å². The third kappa shape index (κ3) is 4.03. The van der Waals surface area contributed by atoms with Crippen LogP contribution in [-0.4, -0.2) is 35.4 Å². The maximum absolute atomic E-state index is 12.5. The van der Waals surface area contributed by atoms with Gasteiger partial charge in [0.1, 0.15) is 5.56 Å². The Morgan fingerprint density at radius 2 is 1.72 bits per heavy atom. The molecule has 1 atom stereocenters. The number of rotatable bonds is 6. The molecule has 1 aliphatic rings. The summed E-state index contributed by atoms with van der Waals surface area (Å²) >= 11 is 0. The molecule has 0 aromatic heterocycles. The van der Waals surface area contributed by atoms with Crippen LogP contribution in [0, 0.1) is 10.1 Å². The lowest BCUT2D eigenvalue weighted by Crippen LogP contribution is -2.37. The first-order chi connectivity index (χ1) is 12.2. The standard InChI is InChI=1S/C19H21N3O3/c23-19(16-10-4-5-11-17(16)22(24)25)20-14-18(21-12-6-7-13-21)15-8-2-1-3-9-15/h1-5,8-11,18H,6-7,12-14H2,(H,20,23). The molecule has 1 heterocycles. The number of carbonyl (C=O) groups excluding carboxylic acids is 1. The number of nitrogens with one attached hydrogen (secondary N) is 1. The number of nitrogens with zero attached hydrogens (tertiary/aromatic N) is 2. The van der Waals surface area contributed by atoms with Gasteiger partial charge in [-0.2, -0.15) is 0 Å². The SMILES string of the molecule is O=C(NCC(c1ccccc1)N1CCCC1)c1ccccc1[N+](=O)[O-]. The van der Waals surface area contributed by atoms with Crippen LogP contribution in [0.15, 0.2) is 54.6 Å². The molecule has 130 valence electrons. The minimum absolute atomic E-state index is 0.0791. The van der Waals surface area contributed by atoms with Gasteiger partial charge in [-0.3, -0.25) is 19.8 Å². The highest BCUT2D eigenvalue weighted by Crippen LogP contribution is 2.25. The van der Waals surface area contributed by atoms with Crippen LogP contribution in [0.5, 0.6) is 0 Å². The van der Waals surface area contributed by atoms with Crippen LogP contribution in [0.3, 0.4) is 0 Å². The number of nitro benzene ring substituents is 1. The number of para-hydroxylation sites is 1. The first kappa shape index (κ1) is 17.1. The van der Waals surface area contributed by atoms with Crippen LogP contribution in [0.1, 0.15) is 34.8 Å². The van der Waals surface area contributed by atoms with E-state index in [4.69, 9.17) is 0 Å². The van der Waals surface area contributed by atoms with Crippen molar-refractivity contribution in [2.24, 2.45) is 0 Å². The van der Waals surface area contributed by atoms with Crippen molar-refractivity contribution in [3.63, 3.8) is 0 Å². The minimum Gasteiger partial charge on any atom is -0.350 e. The Hall–Kier alpha value is -2.73. The fourth-order valence-corrected chi connectivity index (χ4v) is 3.30. The van der Waals surface area contributed by atoms with Crippen molar-refractivity contribution in [2.45, 2.75) is 18.9 Å². The van der Waals surface area contributed by atoms with E-state index in [-0.39, 0.29) is 17.3 Å². The Morgan fingerprint density at radius 3 is 2.40 bits per heavy atom.